The number of methoxy groups -OCH3 is 2. The SMILES string of the molecule is COc1ccc(-c2csc(NC(=O)COc3ccc(OC)cc3[N+](=O)[O-])n2)cc1. The molecule has 0 aliphatic rings. The van der Waals surface area contributed by atoms with E-state index in [-0.39, 0.29) is 11.4 Å². The van der Waals surface area contributed by atoms with Gasteiger partial charge in [0.05, 0.1) is 30.9 Å². The van der Waals surface area contributed by atoms with Crippen LogP contribution in [-0.2, 0) is 4.79 Å². The van der Waals surface area contributed by atoms with Crippen molar-refractivity contribution in [3.8, 4) is 28.5 Å². The molecule has 2 aromatic carbocycles. The minimum absolute atomic E-state index is 0.0241. The van der Waals surface area contributed by atoms with E-state index in [1.54, 1.807) is 7.11 Å². The number of anilines is 1. The number of rotatable bonds is 8. The van der Waals surface area contributed by atoms with Gasteiger partial charge < -0.3 is 14.2 Å². The summed E-state index contributed by atoms with van der Waals surface area (Å²) < 4.78 is 15.4. The van der Waals surface area contributed by atoms with E-state index >= 15 is 0 Å². The number of hydrogen-bond acceptors (Lipinski definition) is 8. The summed E-state index contributed by atoms with van der Waals surface area (Å²) in [5.41, 5.74) is 1.31. The first-order chi connectivity index (χ1) is 14.0. The van der Waals surface area contributed by atoms with Gasteiger partial charge in [0, 0.05) is 10.9 Å². The van der Waals surface area contributed by atoms with Gasteiger partial charge in [-0.15, -0.1) is 11.3 Å². The number of ether oxygens (including phenoxy) is 3. The Morgan fingerprint density at radius 3 is 2.48 bits per heavy atom. The van der Waals surface area contributed by atoms with Gasteiger partial charge in [-0.2, -0.15) is 0 Å². The van der Waals surface area contributed by atoms with Gasteiger partial charge in [0.1, 0.15) is 11.5 Å². The summed E-state index contributed by atoms with van der Waals surface area (Å²) in [6.45, 7) is -0.398. The van der Waals surface area contributed by atoms with Gasteiger partial charge >= 0.3 is 5.69 Å². The largest absolute Gasteiger partial charge is 0.497 e. The van der Waals surface area contributed by atoms with Crippen LogP contribution >= 0.6 is 11.3 Å². The van der Waals surface area contributed by atoms with Crippen molar-refractivity contribution in [3.63, 3.8) is 0 Å². The maximum absolute atomic E-state index is 12.1. The number of nitrogens with zero attached hydrogens (tertiary/aromatic N) is 2. The highest BCUT2D eigenvalue weighted by Gasteiger charge is 2.18. The molecule has 1 aromatic heterocycles. The van der Waals surface area contributed by atoms with Gasteiger partial charge in [0.2, 0.25) is 0 Å². The van der Waals surface area contributed by atoms with E-state index in [1.165, 1.54) is 36.6 Å². The molecule has 0 saturated carbocycles. The van der Waals surface area contributed by atoms with E-state index in [0.717, 1.165) is 11.3 Å². The third-order valence-corrected chi connectivity index (χ3v) is 4.62. The first-order valence-electron chi connectivity index (χ1n) is 8.35. The third kappa shape index (κ3) is 4.99. The second-order valence-corrected chi connectivity index (χ2v) is 6.55. The smallest absolute Gasteiger partial charge is 0.314 e. The summed E-state index contributed by atoms with van der Waals surface area (Å²) in [6, 6.07) is 11.5. The van der Waals surface area contributed by atoms with Crippen LogP contribution in [0, 0.1) is 10.1 Å². The lowest BCUT2D eigenvalue weighted by Gasteiger charge is -2.07. The Morgan fingerprint density at radius 1 is 1.14 bits per heavy atom. The lowest BCUT2D eigenvalue weighted by Crippen LogP contribution is -2.20. The molecule has 0 radical (unpaired) electrons. The second-order valence-electron chi connectivity index (χ2n) is 5.69. The molecule has 1 N–H and O–H groups in total. The molecule has 3 aromatic rings. The zero-order chi connectivity index (χ0) is 20.8. The summed E-state index contributed by atoms with van der Waals surface area (Å²) >= 11 is 1.26. The Balaban J connectivity index is 1.62. The van der Waals surface area contributed by atoms with Crippen molar-refractivity contribution in [1.82, 2.24) is 4.98 Å². The van der Waals surface area contributed by atoms with Crippen LogP contribution in [0.25, 0.3) is 11.3 Å². The normalized spacial score (nSPS) is 10.3. The zero-order valence-electron chi connectivity index (χ0n) is 15.6. The van der Waals surface area contributed by atoms with E-state index in [9.17, 15) is 14.9 Å². The molecular formula is C19H17N3O6S. The van der Waals surface area contributed by atoms with Crippen LogP contribution in [0.1, 0.15) is 0 Å². The molecule has 1 amide bonds. The molecule has 1 heterocycles. The van der Waals surface area contributed by atoms with Crippen molar-refractivity contribution in [2.45, 2.75) is 0 Å². The summed E-state index contributed by atoms with van der Waals surface area (Å²) in [6.07, 6.45) is 0. The van der Waals surface area contributed by atoms with E-state index in [0.29, 0.717) is 16.6 Å². The lowest BCUT2D eigenvalue weighted by molar-refractivity contribution is -0.385. The molecule has 10 heteroatoms. The molecular weight excluding hydrogens is 398 g/mol. The van der Waals surface area contributed by atoms with Crippen molar-refractivity contribution in [2.24, 2.45) is 0 Å². The van der Waals surface area contributed by atoms with Crippen LogP contribution in [0.3, 0.4) is 0 Å². The van der Waals surface area contributed by atoms with Gasteiger partial charge in [-0.05, 0) is 36.4 Å². The Bertz CT molecular complexity index is 1020. The Hall–Kier alpha value is -3.66. The maximum Gasteiger partial charge on any atom is 0.314 e. The molecule has 0 bridgehead atoms. The average Bonchev–Trinajstić information content (AvgIpc) is 3.20. The quantitative estimate of drug-likeness (QED) is 0.440. The van der Waals surface area contributed by atoms with Crippen molar-refractivity contribution >= 4 is 28.1 Å². The highest BCUT2D eigenvalue weighted by atomic mass is 32.1. The molecule has 0 spiro atoms. The number of thiazole rings is 1. The number of nitro benzene ring substituents is 1. The molecule has 0 unspecified atom stereocenters. The lowest BCUT2D eigenvalue weighted by atomic mass is 10.2. The summed E-state index contributed by atoms with van der Waals surface area (Å²) in [7, 11) is 3.00. The van der Waals surface area contributed by atoms with E-state index < -0.39 is 17.4 Å². The monoisotopic (exact) mass is 415 g/mol. The minimum atomic E-state index is -0.599. The van der Waals surface area contributed by atoms with E-state index in [4.69, 9.17) is 14.2 Å². The first-order valence-corrected chi connectivity index (χ1v) is 9.23. The molecule has 0 saturated heterocycles. The third-order valence-electron chi connectivity index (χ3n) is 3.86. The number of carbonyl (C=O) groups is 1. The van der Waals surface area contributed by atoms with Crippen molar-refractivity contribution in [3.05, 3.63) is 58.0 Å². The molecule has 0 fully saturated rings. The highest BCUT2D eigenvalue weighted by Crippen LogP contribution is 2.31. The second kappa shape index (κ2) is 9.02. The number of amides is 1. The topological polar surface area (TPSA) is 113 Å². The molecule has 0 aliphatic carbocycles. The highest BCUT2D eigenvalue weighted by molar-refractivity contribution is 7.14. The fourth-order valence-electron chi connectivity index (χ4n) is 2.41. The minimum Gasteiger partial charge on any atom is -0.497 e. The van der Waals surface area contributed by atoms with Crippen LogP contribution in [0.2, 0.25) is 0 Å². The van der Waals surface area contributed by atoms with Crippen LogP contribution < -0.4 is 19.5 Å². The van der Waals surface area contributed by atoms with Crippen LogP contribution in [0.4, 0.5) is 10.8 Å². The number of nitrogens with one attached hydrogen (secondary N) is 1. The number of hydrogen-bond donors (Lipinski definition) is 1. The van der Waals surface area contributed by atoms with Crippen molar-refractivity contribution in [1.29, 1.82) is 0 Å². The molecule has 3 rings (SSSR count). The number of aromatic nitrogens is 1. The van der Waals surface area contributed by atoms with Crippen LogP contribution in [-0.4, -0.2) is 36.6 Å². The van der Waals surface area contributed by atoms with E-state index in [1.807, 2.05) is 29.6 Å². The Labute approximate surface area is 170 Å². The number of carbonyl (C=O) groups excluding carboxylic acids is 1. The predicted molar refractivity (Wildman–Crippen MR) is 108 cm³/mol. The van der Waals surface area contributed by atoms with Gasteiger partial charge in [-0.3, -0.25) is 20.2 Å². The van der Waals surface area contributed by atoms with Gasteiger partial charge in [-0.25, -0.2) is 4.98 Å². The Kier molecular flexibility index (Phi) is 6.25. The molecule has 29 heavy (non-hydrogen) atoms. The van der Waals surface area contributed by atoms with E-state index in [2.05, 4.69) is 10.3 Å². The van der Waals surface area contributed by atoms with Gasteiger partial charge in [-0.1, -0.05) is 0 Å². The molecule has 9 nitrogen and oxygen atoms in total. The first kappa shape index (κ1) is 20.1. The van der Waals surface area contributed by atoms with Crippen LogP contribution in [0.15, 0.2) is 47.8 Å². The van der Waals surface area contributed by atoms with Crippen molar-refractivity contribution in [2.75, 3.05) is 26.1 Å². The van der Waals surface area contributed by atoms with Gasteiger partial charge in [0.25, 0.3) is 5.91 Å². The van der Waals surface area contributed by atoms with Gasteiger partial charge in [0.15, 0.2) is 17.5 Å². The molecule has 0 atom stereocenters. The summed E-state index contributed by atoms with van der Waals surface area (Å²) in [5, 5.41) is 16.0. The fraction of sp³-hybridized carbons (Fsp3) is 0.158. The zero-order valence-corrected chi connectivity index (χ0v) is 16.4. The predicted octanol–water partition coefficient (Wildman–Crippen LogP) is 3.75. The maximum atomic E-state index is 12.1. The van der Waals surface area contributed by atoms with Crippen LogP contribution in [0.5, 0.6) is 17.2 Å². The molecule has 150 valence electrons. The molecule has 0 aliphatic heterocycles. The number of benzene rings is 2. The fourth-order valence-corrected chi connectivity index (χ4v) is 3.15. The average molecular weight is 415 g/mol. The Morgan fingerprint density at radius 2 is 1.83 bits per heavy atom. The summed E-state index contributed by atoms with van der Waals surface area (Å²) in [5.74, 6) is 0.555. The number of nitro groups is 1. The van der Waals surface area contributed by atoms with Crippen molar-refractivity contribution < 1.29 is 23.9 Å². The standard InChI is InChI=1S/C19H17N3O6S/c1-26-13-5-3-12(4-6-13)15-11-29-19(20-15)21-18(23)10-28-17-8-7-14(27-2)9-16(17)22(24)25/h3-9,11H,10H2,1-2H3,(H,20,21,23). The summed E-state index contributed by atoms with van der Waals surface area (Å²) in [4.78, 5) is 27.1.